The largest absolute Gasteiger partial charge is 0.508 e. The second-order valence-electron chi connectivity index (χ2n) is 7.44. The number of phenolic OH excluding ortho intramolecular Hbond substituents is 1. The minimum atomic E-state index is -1.01. The first-order chi connectivity index (χ1) is 14.5. The summed E-state index contributed by atoms with van der Waals surface area (Å²) in [5.74, 6) is -1.31. The number of halogens is 2. The summed E-state index contributed by atoms with van der Waals surface area (Å²) in [4.78, 5) is 14.5. The molecule has 1 fully saturated rings. The zero-order valence-electron chi connectivity index (χ0n) is 16.1. The number of anilines is 1. The van der Waals surface area contributed by atoms with Crippen molar-refractivity contribution in [3.63, 3.8) is 0 Å². The Morgan fingerprint density at radius 2 is 1.60 bits per heavy atom. The van der Waals surface area contributed by atoms with Crippen molar-refractivity contribution in [2.75, 3.05) is 4.90 Å². The second kappa shape index (κ2) is 8.24. The molecule has 6 heteroatoms. The molecule has 1 amide bonds. The Morgan fingerprint density at radius 3 is 2.27 bits per heavy atom. The van der Waals surface area contributed by atoms with Gasteiger partial charge in [-0.25, -0.2) is 8.78 Å². The molecule has 3 aromatic carbocycles. The fraction of sp³-hybridized carbons (Fsp3) is 0.208. The summed E-state index contributed by atoms with van der Waals surface area (Å²) < 4.78 is 27.3. The minimum absolute atomic E-state index is 0.115. The number of aliphatic hydroxyl groups excluding tert-OH is 1. The first-order valence-corrected chi connectivity index (χ1v) is 9.76. The van der Waals surface area contributed by atoms with Gasteiger partial charge in [0.15, 0.2) is 0 Å². The van der Waals surface area contributed by atoms with E-state index in [0.29, 0.717) is 12.1 Å². The van der Waals surface area contributed by atoms with Gasteiger partial charge in [-0.1, -0.05) is 30.3 Å². The van der Waals surface area contributed by atoms with Gasteiger partial charge in [0.25, 0.3) is 0 Å². The fourth-order valence-electron chi connectivity index (χ4n) is 4.01. The molecule has 3 atom stereocenters. The van der Waals surface area contributed by atoms with E-state index < -0.39 is 23.7 Å². The topological polar surface area (TPSA) is 60.8 Å². The third-order valence-corrected chi connectivity index (χ3v) is 5.57. The number of nitrogens with zero attached hydrogens (tertiary/aromatic N) is 1. The molecule has 1 aliphatic heterocycles. The monoisotopic (exact) mass is 409 g/mol. The number of phenols is 1. The first kappa shape index (κ1) is 20.0. The van der Waals surface area contributed by atoms with Gasteiger partial charge in [-0.3, -0.25) is 4.79 Å². The molecular formula is C24H21F2NO3. The molecule has 1 aliphatic rings. The van der Waals surface area contributed by atoms with Crippen LogP contribution in [0.25, 0.3) is 0 Å². The molecule has 0 saturated carbocycles. The number of hydrogen-bond donors (Lipinski definition) is 2. The molecule has 0 spiro atoms. The van der Waals surface area contributed by atoms with Gasteiger partial charge >= 0.3 is 0 Å². The maximum absolute atomic E-state index is 13.9. The van der Waals surface area contributed by atoms with Crippen LogP contribution in [-0.2, 0) is 4.79 Å². The van der Waals surface area contributed by atoms with Crippen LogP contribution in [-0.4, -0.2) is 16.1 Å². The van der Waals surface area contributed by atoms with Crippen molar-refractivity contribution in [2.45, 2.75) is 25.0 Å². The Kier molecular flexibility index (Phi) is 5.50. The van der Waals surface area contributed by atoms with E-state index >= 15 is 0 Å². The van der Waals surface area contributed by atoms with Crippen molar-refractivity contribution in [2.24, 2.45) is 5.92 Å². The highest BCUT2D eigenvalue weighted by atomic mass is 19.1. The van der Waals surface area contributed by atoms with E-state index in [4.69, 9.17) is 0 Å². The van der Waals surface area contributed by atoms with Crippen LogP contribution >= 0.6 is 0 Å². The van der Waals surface area contributed by atoms with E-state index in [1.165, 1.54) is 24.3 Å². The Morgan fingerprint density at radius 1 is 0.933 bits per heavy atom. The SMILES string of the molecule is O=C1[C@H](CC[C@H](O)c2ccccc2F)[C@@H](c2ccc(O)cc2)N1c1ccc(F)cc1. The number of carbonyl (C=O) groups excluding carboxylic acids is 1. The van der Waals surface area contributed by atoms with Gasteiger partial charge in [0.05, 0.1) is 18.1 Å². The molecule has 3 aromatic rings. The summed E-state index contributed by atoms with van der Waals surface area (Å²) >= 11 is 0. The highest BCUT2D eigenvalue weighted by Gasteiger charge is 2.48. The van der Waals surface area contributed by atoms with E-state index in [2.05, 4.69) is 0 Å². The normalized spacial score (nSPS) is 19.4. The highest BCUT2D eigenvalue weighted by molar-refractivity contribution is 6.03. The van der Waals surface area contributed by atoms with E-state index in [1.54, 1.807) is 53.4 Å². The maximum atomic E-state index is 13.9. The fourth-order valence-corrected chi connectivity index (χ4v) is 4.01. The lowest BCUT2D eigenvalue weighted by atomic mass is 9.78. The van der Waals surface area contributed by atoms with Crippen LogP contribution in [0.3, 0.4) is 0 Å². The molecule has 0 radical (unpaired) electrons. The van der Waals surface area contributed by atoms with Gasteiger partial charge in [0.2, 0.25) is 5.91 Å². The van der Waals surface area contributed by atoms with Gasteiger partial charge < -0.3 is 15.1 Å². The highest BCUT2D eigenvalue weighted by Crippen LogP contribution is 2.46. The molecule has 0 bridgehead atoms. The standard InChI is InChI=1S/C24H21F2NO3/c25-16-7-9-17(10-8-16)27-23(15-5-11-18(28)12-6-15)20(24(27)30)13-14-22(29)19-3-1-2-4-21(19)26/h1-12,20,22-23,28-29H,13-14H2/t20-,22+,23-/m1/s1. The number of rotatable bonds is 6. The summed E-state index contributed by atoms with van der Waals surface area (Å²) in [6, 6.07) is 18.0. The Balaban J connectivity index is 1.57. The first-order valence-electron chi connectivity index (χ1n) is 9.76. The van der Waals surface area contributed by atoms with Crippen molar-refractivity contribution in [1.82, 2.24) is 0 Å². The van der Waals surface area contributed by atoms with Crippen LogP contribution in [0.4, 0.5) is 14.5 Å². The van der Waals surface area contributed by atoms with Gasteiger partial charge in [-0.05, 0) is 60.9 Å². The number of aliphatic hydroxyl groups is 1. The smallest absolute Gasteiger partial charge is 0.233 e. The van der Waals surface area contributed by atoms with Crippen molar-refractivity contribution in [3.8, 4) is 5.75 Å². The lowest BCUT2D eigenvalue weighted by molar-refractivity contribution is -0.131. The summed E-state index contributed by atoms with van der Waals surface area (Å²) in [5.41, 5.74) is 1.60. The molecule has 0 aromatic heterocycles. The molecule has 154 valence electrons. The number of amides is 1. The second-order valence-corrected chi connectivity index (χ2v) is 7.44. The van der Waals surface area contributed by atoms with Crippen LogP contribution in [0.1, 0.15) is 36.1 Å². The van der Waals surface area contributed by atoms with Crippen LogP contribution in [0.5, 0.6) is 5.75 Å². The lowest BCUT2D eigenvalue weighted by Gasteiger charge is -2.48. The van der Waals surface area contributed by atoms with Crippen molar-refractivity contribution < 1.29 is 23.8 Å². The average molecular weight is 409 g/mol. The third kappa shape index (κ3) is 3.78. The van der Waals surface area contributed by atoms with Crippen LogP contribution in [0.15, 0.2) is 72.8 Å². The molecule has 2 N–H and O–H groups in total. The molecule has 0 unspecified atom stereocenters. The van der Waals surface area contributed by atoms with Crippen LogP contribution < -0.4 is 4.90 Å². The zero-order chi connectivity index (χ0) is 21.3. The van der Waals surface area contributed by atoms with E-state index in [1.807, 2.05) is 0 Å². The molecular weight excluding hydrogens is 388 g/mol. The predicted molar refractivity (Wildman–Crippen MR) is 109 cm³/mol. The summed E-state index contributed by atoms with van der Waals surface area (Å²) in [7, 11) is 0. The number of benzene rings is 3. The Bertz CT molecular complexity index is 1040. The maximum Gasteiger partial charge on any atom is 0.233 e. The molecule has 30 heavy (non-hydrogen) atoms. The molecule has 0 aliphatic carbocycles. The summed E-state index contributed by atoms with van der Waals surface area (Å²) in [6.07, 6.45) is -0.430. The van der Waals surface area contributed by atoms with E-state index in [-0.39, 0.29) is 29.7 Å². The predicted octanol–water partition coefficient (Wildman–Crippen LogP) is 4.89. The number of carbonyl (C=O) groups is 1. The number of β-lactam (4-membered cyclic amide) rings is 1. The lowest BCUT2D eigenvalue weighted by Crippen LogP contribution is -2.55. The minimum Gasteiger partial charge on any atom is -0.508 e. The van der Waals surface area contributed by atoms with E-state index in [9.17, 15) is 23.8 Å². The third-order valence-electron chi connectivity index (χ3n) is 5.57. The Labute approximate surface area is 173 Å². The summed E-state index contributed by atoms with van der Waals surface area (Å²) in [5, 5.41) is 20.0. The number of hydrogen-bond acceptors (Lipinski definition) is 3. The van der Waals surface area contributed by atoms with Crippen molar-refractivity contribution in [1.29, 1.82) is 0 Å². The summed E-state index contributed by atoms with van der Waals surface area (Å²) in [6.45, 7) is 0. The number of aromatic hydroxyl groups is 1. The molecule has 4 rings (SSSR count). The zero-order valence-corrected chi connectivity index (χ0v) is 16.1. The van der Waals surface area contributed by atoms with Gasteiger partial charge in [0.1, 0.15) is 17.4 Å². The Hall–Kier alpha value is -3.25. The van der Waals surface area contributed by atoms with Gasteiger partial charge in [-0.15, -0.1) is 0 Å². The van der Waals surface area contributed by atoms with Gasteiger partial charge in [-0.2, -0.15) is 0 Å². The van der Waals surface area contributed by atoms with Crippen molar-refractivity contribution >= 4 is 11.6 Å². The molecule has 1 heterocycles. The quantitative estimate of drug-likeness (QED) is 0.570. The van der Waals surface area contributed by atoms with Crippen LogP contribution in [0, 0.1) is 17.6 Å². The average Bonchev–Trinajstić information content (AvgIpc) is 2.74. The molecule has 4 nitrogen and oxygen atoms in total. The van der Waals surface area contributed by atoms with Crippen LogP contribution in [0.2, 0.25) is 0 Å². The van der Waals surface area contributed by atoms with Crippen molar-refractivity contribution in [3.05, 3.63) is 95.6 Å². The molecule has 1 saturated heterocycles. The van der Waals surface area contributed by atoms with E-state index in [0.717, 1.165) is 5.56 Å². The van der Waals surface area contributed by atoms with Gasteiger partial charge in [0, 0.05) is 11.3 Å².